The largest absolute Gasteiger partial charge is 0.497 e. The normalized spacial score (nSPS) is 12.3. The SMILES string of the molecule is COc1cccc(C(OCCNC(=O)OC(C)(C)C)C(=O)O)c1. The van der Waals surface area contributed by atoms with Crippen LogP contribution in [0.3, 0.4) is 0 Å². The van der Waals surface area contributed by atoms with E-state index in [1.165, 1.54) is 7.11 Å². The van der Waals surface area contributed by atoms with E-state index in [2.05, 4.69) is 5.32 Å². The summed E-state index contributed by atoms with van der Waals surface area (Å²) >= 11 is 0. The van der Waals surface area contributed by atoms with Crippen LogP contribution in [0.4, 0.5) is 4.79 Å². The van der Waals surface area contributed by atoms with Gasteiger partial charge in [0.2, 0.25) is 0 Å². The second-order valence-electron chi connectivity index (χ2n) is 5.79. The van der Waals surface area contributed by atoms with Crippen LogP contribution in [0.25, 0.3) is 0 Å². The molecule has 0 aromatic heterocycles. The van der Waals surface area contributed by atoms with E-state index in [1.54, 1.807) is 45.0 Å². The summed E-state index contributed by atoms with van der Waals surface area (Å²) in [6.45, 7) is 5.45. The van der Waals surface area contributed by atoms with Gasteiger partial charge in [-0.3, -0.25) is 0 Å². The summed E-state index contributed by atoms with van der Waals surface area (Å²) in [6.07, 6.45) is -1.71. The number of ether oxygens (including phenoxy) is 3. The van der Waals surface area contributed by atoms with Crippen molar-refractivity contribution in [2.45, 2.75) is 32.5 Å². The molecular weight excluding hydrogens is 302 g/mol. The third-order valence-electron chi connectivity index (χ3n) is 2.68. The summed E-state index contributed by atoms with van der Waals surface area (Å²) in [4.78, 5) is 22.8. The molecule has 23 heavy (non-hydrogen) atoms. The van der Waals surface area contributed by atoms with Gasteiger partial charge in [0.25, 0.3) is 0 Å². The molecule has 0 spiro atoms. The molecule has 1 atom stereocenters. The number of carboxylic acids is 1. The number of carbonyl (C=O) groups is 2. The highest BCUT2D eigenvalue weighted by Gasteiger charge is 2.21. The Morgan fingerprint density at radius 3 is 2.57 bits per heavy atom. The van der Waals surface area contributed by atoms with Crippen LogP contribution in [0.5, 0.6) is 5.75 Å². The zero-order valence-corrected chi connectivity index (χ0v) is 13.8. The molecule has 7 nitrogen and oxygen atoms in total. The van der Waals surface area contributed by atoms with Gasteiger partial charge < -0.3 is 24.6 Å². The Morgan fingerprint density at radius 1 is 1.30 bits per heavy atom. The highest BCUT2D eigenvalue weighted by molar-refractivity contribution is 5.74. The maximum Gasteiger partial charge on any atom is 0.407 e. The molecule has 2 N–H and O–H groups in total. The molecule has 1 amide bonds. The molecule has 0 saturated carbocycles. The van der Waals surface area contributed by atoms with Crippen LogP contribution in [0.15, 0.2) is 24.3 Å². The second kappa shape index (κ2) is 8.38. The molecule has 1 unspecified atom stereocenters. The number of carboxylic acid groups (broad SMARTS) is 1. The van der Waals surface area contributed by atoms with E-state index >= 15 is 0 Å². The van der Waals surface area contributed by atoms with Crippen molar-refractivity contribution in [3.63, 3.8) is 0 Å². The lowest BCUT2D eigenvalue weighted by Crippen LogP contribution is -2.34. The smallest absolute Gasteiger partial charge is 0.407 e. The topological polar surface area (TPSA) is 94.1 Å². The van der Waals surface area contributed by atoms with Gasteiger partial charge in [0.1, 0.15) is 11.4 Å². The Bertz CT molecular complexity index is 538. The first-order valence-corrected chi connectivity index (χ1v) is 7.18. The van der Waals surface area contributed by atoms with Crippen molar-refractivity contribution in [2.75, 3.05) is 20.3 Å². The first kappa shape index (κ1) is 18.8. The van der Waals surface area contributed by atoms with Gasteiger partial charge in [-0.25, -0.2) is 9.59 Å². The van der Waals surface area contributed by atoms with E-state index in [-0.39, 0.29) is 13.2 Å². The Hall–Kier alpha value is -2.28. The predicted molar refractivity (Wildman–Crippen MR) is 83.6 cm³/mol. The molecule has 0 saturated heterocycles. The minimum Gasteiger partial charge on any atom is -0.497 e. The minimum atomic E-state index is -1.13. The summed E-state index contributed by atoms with van der Waals surface area (Å²) in [5, 5.41) is 11.8. The third kappa shape index (κ3) is 7.01. The Balaban J connectivity index is 2.51. The summed E-state index contributed by atoms with van der Waals surface area (Å²) in [6, 6.07) is 6.64. The highest BCUT2D eigenvalue weighted by atomic mass is 16.6. The van der Waals surface area contributed by atoms with Gasteiger partial charge in [0.05, 0.1) is 13.7 Å². The van der Waals surface area contributed by atoms with Gasteiger partial charge in [0.15, 0.2) is 6.10 Å². The Labute approximate surface area is 135 Å². The van der Waals surface area contributed by atoms with E-state index in [0.29, 0.717) is 11.3 Å². The Kier molecular flexibility index (Phi) is 6.84. The van der Waals surface area contributed by atoms with Crippen molar-refractivity contribution in [3.8, 4) is 5.75 Å². The average molecular weight is 325 g/mol. The summed E-state index contributed by atoms with van der Waals surface area (Å²) in [5.74, 6) is -0.570. The van der Waals surface area contributed by atoms with E-state index in [9.17, 15) is 14.7 Å². The predicted octanol–water partition coefficient (Wildman–Crippen LogP) is 2.36. The third-order valence-corrected chi connectivity index (χ3v) is 2.68. The summed E-state index contributed by atoms with van der Waals surface area (Å²) in [7, 11) is 1.50. The minimum absolute atomic E-state index is 0.0351. The lowest BCUT2D eigenvalue weighted by atomic mass is 10.1. The maximum absolute atomic E-state index is 11.5. The quantitative estimate of drug-likeness (QED) is 0.747. The van der Waals surface area contributed by atoms with E-state index in [0.717, 1.165) is 0 Å². The maximum atomic E-state index is 11.5. The number of nitrogens with one attached hydrogen (secondary N) is 1. The molecule has 0 heterocycles. The zero-order chi connectivity index (χ0) is 17.5. The lowest BCUT2D eigenvalue weighted by molar-refractivity contribution is -0.150. The molecule has 0 radical (unpaired) electrons. The van der Waals surface area contributed by atoms with Crippen LogP contribution in [-0.2, 0) is 14.3 Å². The van der Waals surface area contributed by atoms with E-state index in [4.69, 9.17) is 14.2 Å². The van der Waals surface area contributed by atoms with Crippen molar-refractivity contribution in [1.82, 2.24) is 5.32 Å². The fourth-order valence-electron chi connectivity index (χ4n) is 1.76. The van der Waals surface area contributed by atoms with Gasteiger partial charge in [-0.05, 0) is 38.5 Å². The molecular formula is C16H23NO6. The highest BCUT2D eigenvalue weighted by Crippen LogP contribution is 2.22. The summed E-state index contributed by atoms with van der Waals surface area (Å²) in [5.41, 5.74) is -0.121. The summed E-state index contributed by atoms with van der Waals surface area (Å²) < 4.78 is 15.5. The molecule has 0 fully saturated rings. The van der Waals surface area contributed by atoms with E-state index in [1.807, 2.05) is 0 Å². The molecule has 1 aromatic carbocycles. The van der Waals surface area contributed by atoms with Crippen LogP contribution >= 0.6 is 0 Å². The number of carbonyl (C=O) groups excluding carboxylic acids is 1. The number of hydrogen-bond donors (Lipinski definition) is 2. The van der Waals surface area contributed by atoms with Gasteiger partial charge in [-0.15, -0.1) is 0 Å². The van der Waals surface area contributed by atoms with Crippen molar-refractivity contribution < 1.29 is 28.9 Å². The van der Waals surface area contributed by atoms with Gasteiger partial charge >= 0.3 is 12.1 Å². The van der Waals surface area contributed by atoms with Gasteiger partial charge in [0, 0.05) is 6.54 Å². The molecule has 128 valence electrons. The van der Waals surface area contributed by atoms with Crippen molar-refractivity contribution in [1.29, 1.82) is 0 Å². The van der Waals surface area contributed by atoms with E-state index < -0.39 is 23.8 Å². The number of hydrogen-bond acceptors (Lipinski definition) is 5. The number of amides is 1. The fourth-order valence-corrected chi connectivity index (χ4v) is 1.76. The lowest BCUT2D eigenvalue weighted by Gasteiger charge is -2.20. The molecule has 0 aliphatic rings. The second-order valence-corrected chi connectivity index (χ2v) is 5.79. The van der Waals surface area contributed by atoms with Crippen LogP contribution in [0.1, 0.15) is 32.4 Å². The molecule has 0 bridgehead atoms. The fraction of sp³-hybridized carbons (Fsp3) is 0.500. The molecule has 0 aliphatic carbocycles. The Morgan fingerprint density at radius 2 is 2.00 bits per heavy atom. The van der Waals surface area contributed by atoms with Crippen LogP contribution in [-0.4, -0.2) is 43.0 Å². The number of methoxy groups -OCH3 is 1. The van der Waals surface area contributed by atoms with Crippen LogP contribution in [0, 0.1) is 0 Å². The van der Waals surface area contributed by atoms with Crippen LogP contribution in [0.2, 0.25) is 0 Å². The van der Waals surface area contributed by atoms with Crippen LogP contribution < -0.4 is 10.1 Å². The monoisotopic (exact) mass is 325 g/mol. The number of rotatable bonds is 7. The first-order valence-electron chi connectivity index (χ1n) is 7.18. The van der Waals surface area contributed by atoms with Gasteiger partial charge in [-0.2, -0.15) is 0 Å². The van der Waals surface area contributed by atoms with Crippen molar-refractivity contribution >= 4 is 12.1 Å². The molecule has 0 aliphatic heterocycles. The number of benzene rings is 1. The standard InChI is InChI=1S/C16H23NO6/c1-16(2,3)23-15(20)17-8-9-22-13(14(18)19)11-6-5-7-12(10-11)21-4/h5-7,10,13H,8-9H2,1-4H3,(H,17,20)(H,18,19). The van der Waals surface area contributed by atoms with Crippen molar-refractivity contribution in [3.05, 3.63) is 29.8 Å². The molecule has 7 heteroatoms. The van der Waals surface area contributed by atoms with Crippen molar-refractivity contribution in [2.24, 2.45) is 0 Å². The number of alkyl carbamates (subject to hydrolysis) is 1. The average Bonchev–Trinajstić information content (AvgIpc) is 2.45. The molecule has 1 aromatic rings. The molecule has 1 rings (SSSR count). The first-order chi connectivity index (χ1) is 10.7. The van der Waals surface area contributed by atoms with Gasteiger partial charge in [-0.1, -0.05) is 12.1 Å². The number of aliphatic carboxylic acids is 1. The zero-order valence-electron chi connectivity index (χ0n) is 13.8.